The normalized spacial score (nSPS) is 26.2. The van der Waals surface area contributed by atoms with E-state index in [9.17, 15) is 13.2 Å². The quantitative estimate of drug-likeness (QED) is 0.572. The molecule has 0 bridgehead atoms. The Balaban J connectivity index is 2.50. The van der Waals surface area contributed by atoms with E-state index in [1.54, 1.807) is 0 Å². The standard InChI is InChI=1S/C6H9N3O3S/c1-5(10)8-4-13(11,12)9-3-6(9)2-7/h6H,3-4H2,1H3,(H,8,10). The van der Waals surface area contributed by atoms with Crippen LogP contribution in [0.2, 0.25) is 0 Å². The third-order valence-corrected chi connectivity index (χ3v) is 3.20. The molecule has 7 heteroatoms. The number of hydrogen-bond acceptors (Lipinski definition) is 4. The fraction of sp³-hybridized carbons (Fsp3) is 0.667. The summed E-state index contributed by atoms with van der Waals surface area (Å²) in [5.74, 6) is -0.834. The van der Waals surface area contributed by atoms with Gasteiger partial charge in [-0.2, -0.15) is 9.57 Å². The zero-order chi connectivity index (χ0) is 10.1. The molecule has 0 aromatic carbocycles. The number of rotatable bonds is 3. The van der Waals surface area contributed by atoms with Crippen LogP contribution in [0.25, 0.3) is 0 Å². The van der Waals surface area contributed by atoms with E-state index < -0.39 is 27.8 Å². The second kappa shape index (κ2) is 3.32. The second-order valence-electron chi connectivity index (χ2n) is 2.70. The molecule has 1 fully saturated rings. The lowest BCUT2D eigenvalue weighted by Crippen LogP contribution is -2.31. The molecule has 1 N–H and O–H groups in total. The molecular weight excluding hydrogens is 194 g/mol. The molecule has 1 aliphatic heterocycles. The molecule has 1 saturated heterocycles. The molecule has 0 saturated carbocycles. The Morgan fingerprint density at radius 3 is 2.77 bits per heavy atom. The molecule has 1 rings (SSSR count). The van der Waals surface area contributed by atoms with Gasteiger partial charge in [0.05, 0.1) is 6.07 Å². The van der Waals surface area contributed by atoms with Crippen LogP contribution in [0.4, 0.5) is 0 Å². The van der Waals surface area contributed by atoms with Gasteiger partial charge in [0, 0.05) is 13.5 Å². The van der Waals surface area contributed by atoms with Gasteiger partial charge in [0.1, 0.15) is 11.9 Å². The second-order valence-corrected chi connectivity index (χ2v) is 4.63. The Morgan fingerprint density at radius 2 is 2.38 bits per heavy atom. The molecule has 1 aliphatic rings. The van der Waals surface area contributed by atoms with Crippen LogP contribution in [0.15, 0.2) is 0 Å². The Labute approximate surface area is 76.2 Å². The summed E-state index contributed by atoms with van der Waals surface area (Å²) in [4.78, 5) is 10.4. The molecule has 13 heavy (non-hydrogen) atoms. The Bertz CT molecular complexity index is 356. The van der Waals surface area contributed by atoms with Crippen molar-refractivity contribution in [2.24, 2.45) is 0 Å². The van der Waals surface area contributed by atoms with Crippen molar-refractivity contribution in [2.75, 3.05) is 12.4 Å². The molecule has 1 heterocycles. The van der Waals surface area contributed by atoms with Crippen molar-refractivity contribution >= 4 is 15.9 Å². The van der Waals surface area contributed by atoms with E-state index in [-0.39, 0.29) is 6.54 Å². The summed E-state index contributed by atoms with van der Waals surface area (Å²) in [6.07, 6.45) is 0. The van der Waals surface area contributed by atoms with Crippen LogP contribution in [0.1, 0.15) is 6.92 Å². The largest absolute Gasteiger partial charge is 0.341 e. The fourth-order valence-corrected chi connectivity index (χ4v) is 2.17. The van der Waals surface area contributed by atoms with Crippen LogP contribution in [-0.2, 0) is 14.8 Å². The Morgan fingerprint density at radius 1 is 1.77 bits per heavy atom. The molecule has 72 valence electrons. The molecule has 2 unspecified atom stereocenters. The summed E-state index contributed by atoms with van der Waals surface area (Å²) in [6, 6.07) is 1.27. The van der Waals surface area contributed by atoms with E-state index in [0.29, 0.717) is 0 Å². The Hall–Kier alpha value is -1.13. The third-order valence-electron chi connectivity index (χ3n) is 1.58. The third kappa shape index (κ3) is 2.40. The summed E-state index contributed by atoms with van der Waals surface area (Å²) in [6.45, 7) is 1.47. The predicted molar refractivity (Wildman–Crippen MR) is 43.7 cm³/mol. The van der Waals surface area contributed by atoms with Gasteiger partial charge in [0.15, 0.2) is 0 Å². The number of carbonyl (C=O) groups excluding carboxylic acids is 1. The highest BCUT2D eigenvalue weighted by molar-refractivity contribution is 7.89. The monoisotopic (exact) mass is 203 g/mol. The summed E-state index contributed by atoms with van der Waals surface area (Å²) >= 11 is 0. The van der Waals surface area contributed by atoms with Crippen LogP contribution in [-0.4, -0.2) is 37.1 Å². The number of nitrogens with one attached hydrogen (secondary N) is 1. The number of amides is 1. The first-order valence-electron chi connectivity index (χ1n) is 3.61. The van der Waals surface area contributed by atoms with Crippen molar-refractivity contribution in [2.45, 2.75) is 13.0 Å². The van der Waals surface area contributed by atoms with Crippen LogP contribution >= 0.6 is 0 Å². The van der Waals surface area contributed by atoms with E-state index in [0.717, 1.165) is 4.31 Å². The lowest BCUT2D eigenvalue weighted by molar-refractivity contribution is -0.118. The molecule has 2 atom stereocenters. The predicted octanol–water partition coefficient (Wildman–Crippen LogP) is -1.38. The van der Waals surface area contributed by atoms with Crippen LogP contribution in [0, 0.1) is 11.3 Å². The highest BCUT2D eigenvalue weighted by atomic mass is 32.2. The minimum absolute atomic E-state index is 0.235. The Kier molecular flexibility index (Phi) is 2.54. The van der Waals surface area contributed by atoms with E-state index in [4.69, 9.17) is 5.26 Å². The molecule has 0 radical (unpaired) electrons. The van der Waals surface area contributed by atoms with Crippen LogP contribution < -0.4 is 5.32 Å². The van der Waals surface area contributed by atoms with Gasteiger partial charge in [-0.25, -0.2) is 8.42 Å². The number of hydrogen-bond donors (Lipinski definition) is 1. The summed E-state index contributed by atoms with van der Waals surface area (Å²) in [7, 11) is -3.46. The van der Waals surface area contributed by atoms with Gasteiger partial charge in [-0.1, -0.05) is 0 Å². The first kappa shape index (κ1) is 9.95. The van der Waals surface area contributed by atoms with Gasteiger partial charge >= 0.3 is 0 Å². The van der Waals surface area contributed by atoms with E-state index in [1.807, 2.05) is 6.07 Å². The lowest BCUT2D eigenvalue weighted by atomic mass is 10.6. The smallest absolute Gasteiger partial charge is 0.233 e. The molecular formula is C6H9N3O3S. The first-order valence-corrected chi connectivity index (χ1v) is 5.22. The van der Waals surface area contributed by atoms with Gasteiger partial charge in [-0.15, -0.1) is 0 Å². The van der Waals surface area contributed by atoms with Gasteiger partial charge in [0.25, 0.3) is 0 Å². The number of nitriles is 1. The average Bonchev–Trinajstić information content (AvgIpc) is 2.80. The zero-order valence-corrected chi connectivity index (χ0v) is 7.84. The number of carbonyl (C=O) groups is 1. The van der Waals surface area contributed by atoms with Gasteiger partial charge < -0.3 is 5.32 Å². The van der Waals surface area contributed by atoms with Gasteiger partial charge in [-0.05, 0) is 0 Å². The molecule has 6 nitrogen and oxygen atoms in total. The van der Waals surface area contributed by atoms with Crippen molar-refractivity contribution in [1.29, 1.82) is 5.26 Å². The van der Waals surface area contributed by atoms with Gasteiger partial charge in [-0.3, -0.25) is 4.79 Å². The summed E-state index contributed by atoms with van der Waals surface area (Å²) < 4.78 is 23.5. The maximum absolute atomic E-state index is 11.2. The van der Waals surface area contributed by atoms with E-state index in [2.05, 4.69) is 5.32 Å². The molecule has 1 amide bonds. The summed E-state index contributed by atoms with van der Waals surface area (Å²) in [5.41, 5.74) is 0. The molecule has 0 aromatic heterocycles. The zero-order valence-electron chi connectivity index (χ0n) is 7.02. The van der Waals surface area contributed by atoms with Crippen molar-refractivity contribution in [3.05, 3.63) is 0 Å². The molecule has 0 spiro atoms. The highest BCUT2D eigenvalue weighted by Gasteiger charge is 2.43. The van der Waals surface area contributed by atoms with Gasteiger partial charge in [0.2, 0.25) is 15.9 Å². The minimum Gasteiger partial charge on any atom is -0.341 e. The number of nitrogens with zero attached hydrogens (tertiary/aromatic N) is 2. The topological polar surface area (TPSA) is 90.0 Å². The van der Waals surface area contributed by atoms with Crippen molar-refractivity contribution in [1.82, 2.24) is 9.62 Å². The summed E-state index contributed by atoms with van der Waals surface area (Å²) in [5, 5.41) is 10.5. The van der Waals surface area contributed by atoms with Crippen molar-refractivity contribution in [3.8, 4) is 6.07 Å². The highest BCUT2D eigenvalue weighted by Crippen LogP contribution is 2.20. The first-order chi connectivity index (χ1) is 5.97. The van der Waals surface area contributed by atoms with Crippen molar-refractivity contribution < 1.29 is 13.2 Å². The molecule has 0 aliphatic carbocycles. The maximum Gasteiger partial charge on any atom is 0.233 e. The SMILES string of the molecule is CC(=O)NCS(=O)(=O)N1CC1C#N. The number of sulfonamides is 1. The van der Waals surface area contributed by atoms with Crippen molar-refractivity contribution in [3.63, 3.8) is 0 Å². The average molecular weight is 203 g/mol. The fourth-order valence-electron chi connectivity index (χ4n) is 0.812. The minimum atomic E-state index is -3.46. The lowest BCUT2D eigenvalue weighted by Gasteiger charge is -2.03. The van der Waals surface area contributed by atoms with Crippen LogP contribution in [0.3, 0.4) is 0 Å². The van der Waals surface area contributed by atoms with E-state index in [1.165, 1.54) is 6.92 Å². The van der Waals surface area contributed by atoms with Crippen LogP contribution in [0.5, 0.6) is 0 Å². The molecule has 0 aromatic rings. The van der Waals surface area contributed by atoms with E-state index >= 15 is 0 Å². The maximum atomic E-state index is 11.2.